The number of carbonyl (C=O) groups excluding carboxylic acids is 3. The van der Waals surface area contributed by atoms with Crippen LogP contribution in [0.4, 0.5) is 0 Å². The van der Waals surface area contributed by atoms with E-state index in [0.717, 1.165) is 24.8 Å². The Hall–Kier alpha value is -1.83. The van der Waals surface area contributed by atoms with Gasteiger partial charge in [-0.15, -0.1) is 0 Å². The number of ether oxygens (including phenoxy) is 3. The third-order valence-corrected chi connectivity index (χ3v) is 8.90. The van der Waals surface area contributed by atoms with Crippen molar-refractivity contribution in [2.45, 2.75) is 64.6 Å². The number of methoxy groups -OCH3 is 1. The molecule has 0 heterocycles. The highest BCUT2D eigenvalue weighted by molar-refractivity contribution is 6.01. The summed E-state index contributed by atoms with van der Waals surface area (Å²) in [6.07, 6.45) is 8.04. The van der Waals surface area contributed by atoms with E-state index >= 15 is 0 Å². The summed E-state index contributed by atoms with van der Waals surface area (Å²) in [5.74, 6) is -0.438. The van der Waals surface area contributed by atoms with Crippen molar-refractivity contribution in [2.24, 2.45) is 28.6 Å². The summed E-state index contributed by atoms with van der Waals surface area (Å²) in [4.78, 5) is 36.8. The molecule has 0 bridgehead atoms. The molecule has 7 nitrogen and oxygen atoms in total. The van der Waals surface area contributed by atoms with Gasteiger partial charge in [0.25, 0.3) is 0 Å². The Kier molecular flexibility index (Phi) is 5.97. The molecule has 0 aliphatic heterocycles. The molecule has 7 atom stereocenters. The number of allylic oxidation sites excluding steroid dienone is 4. The van der Waals surface area contributed by atoms with Gasteiger partial charge in [0, 0.05) is 30.8 Å². The molecule has 0 amide bonds. The van der Waals surface area contributed by atoms with Crippen LogP contribution in [0.2, 0.25) is 0 Å². The maximum atomic E-state index is 13.4. The Bertz CT molecular complexity index is 876. The number of aliphatic hydroxyl groups is 1. The maximum Gasteiger partial charge on any atom is 0.303 e. The number of Topliss-reactive ketones (excluding diaryl/α,β-unsaturated/α-hetero) is 1. The van der Waals surface area contributed by atoms with Gasteiger partial charge < -0.3 is 19.3 Å². The van der Waals surface area contributed by atoms with Gasteiger partial charge in [-0.25, -0.2) is 0 Å². The third kappa shape index (κ3) is 3.32. The molecule has 4 aliphatic carbocycles. The minimum absolute atomic E-state index is 0.00924. The number of aliphatic hydroxyl groups excluding tert-OH is 1. The Labute approximate surface area is 189 Å². The van der Waals surface area contributed by atoms with Crippen LogP contribution in [0.3, 0.4) is 0 Å². The average molecular weight is 447 g/mol. The molecule has 1 unspecified atom stereocenters. The monoisotopic (exact) mass is 446 g/mol. The van der Waals surface area contributed by atoms with Gasteiger partial charge in [-0.05, 0) is 56.1 Å². The van der Waals surface area contributed by atoms with Gasteiger partial charge in [-0.2, -0.15) is 0 Å². The highest BCUT2D eigenvalue weighted by Crippen LogP contribution is 2.67. The smallest absolute Gasteiger partial charge is 0.303 e. The highest BCUT2D eigenvalue weighted by atomic mass is 16.7. The lowest BCUT2D eigenvalue weighted by atomic mass is 9.46. The van der Waals surface area contributed by atoms with Crippen LogP contribution in [-0.2, 0) is 28.6 Å². The van der Waals surface area contributed by atoms with Crippen molar-refractivity contribution in [1.82, 2.24) is 0 Å². The number of ketones is 2. The van der Waals surface area contributed by atoms with Crippen molar-refractivity contribution in [2.75, 3.05) is 20.5 Å². The largest absolute Gasteiger partial charge is 0.458 e. The van der Waals surface area contributed by atoms with E-state index in [9.17, 15) is 19.5 Å². The van der Waals surface area contributed by atoms with Crippen LogP contribution in [0, 0.1) is 28.6 Å². The first-order valence-corrected chi connectivity index (χ1v) is 11.5. The molecular weight excluding hydrogens is 412 g/mol. The van der Waals surface area contributed by atoms with E-state index in [1.807, 2.05) is 13.0 Å². The lowest BCUT2D eigenvalue weighted by molar-refractivity contribution is -0.215. The second-order valence-electron chi connectivity index (χ2n) is 10.3. The summed E-state index contributed by atoms with van der Waals surface area (Å²) in [5.41, 5.74) is -1.06. The molecule has 32 heavy (non-hydrogen) atoms. The molecule has 3 fully saturated rings. The van der Waals surface area contributed by atoms with Gasteiger partial charge in [0.15, 0.2) is 12.4 Å². The van der Waals surface area contributed by atoms with Crippen LogP contribution in [0.5, 0.6) is 0 Å². The second-order valence-corrected chi connectivity index (χ2v) is 10.3. The Morgan fingerprint density at radius 1 is 1.25 bits per heavy atom. The van der Waals surface area contributed by atoms with Crippen LogP contribution >= 0.6 is 0 Å². The zero-order valence-corrected chi connectivity index (χ0v) is 19.4. The van der Waals surface area contributed by atoms with E-state index in [1.165, 1.54) is 14.0 Å². The van der Waals surface area contributed by atoms with Gasteiger partial charge >= 0.3 is 5.97 Å². The third-order valence-electron chi connectivity index (χ3n) is 8.90. The number of carbonyl (C=O) groups is 3. The fourth-order valence-corrected chi connectivity index (χ4v) is 7.53. The summed E-state index contributed by atoms with van der Waals surface area (Å²) < 4.78 is 16.4. The van der Waals surface area contributed by atoms with E-state index in [2.05, 4.69) is 6.92 Å². The lowest BCUT2D eigenvalue weighted by Gasteiger charge is -2.60. The van der Waals surface area contributed by atoms with E-state index in [4.69, 9.17) is 14.2 Å². The van der Waals surface area contributed by atoms with Crippen molar-refractivity contribution < 1.29 is 33.7 Å². The minimum Gasteiger partial charge on any atom is -0.458 e. The van der Waals surface area contributed by atoms with E-state index in [-0.39, 0.29) is 48.1 Å². The molecule has 7 heteroatoms. The van der Waals surface area contributed by atoms with Gasteiger partial charge in [-0.1, -0.05) is 25.5 Å². The van der Waals surface area contributed by atoms with Crippen LogP contribution in [0.25, 0.3) is 0 Å². The second kappa shape index (κ2) is 8.19. The van der Waals surface area contributed by atoms with Crippen LogP contribution in [0.1, 0.15) is 52.9 Å². The molecule has 4 rings (SSSR count). The number of hydrogen-bond donors (Lipinski definition) is 1. The zero-order chi connectivity index (χ0) is 23.3. The fourth-order valence-electron chi connectivity index (χ4n) is 7.53. The summed E-state index contributed by atoms with van der Waals surface area (Å²) in [7, 11) is 1.51. The topological polar surface area (TPSA) is 99.1 Å². The predicted molar refractivity (Wildman–Crippen MR) is 115 cm³/mol. The number of fused-ring (bicyclic) bond motifs is 5. The molecule has 0 aromatic rings. The Morgan fingerprint density at radius 3 is 2.69 bits per heavy atom. The normalized spacial score (nSPS) is 42.5. The van der Waals surface area contributed by atoms with Crippen molar-refractivity contribution in [3.63, 3.8) is 0 Å². The van der Waals surface area contributed by atoms with Crippen LogP contribution in [0.15, 0.2) is 23.8 Å². The van der Waals surface area contributed by atoms with Crippen LogP contribution < -0.4 is 0 Å². The first kappa shape index (κ1) is 23.3. The molecule has 4 aliphatic rings. The molecular formula is C25H34O7. The van der Waals surface area contributed by atoms with Gasteiger partial charge in [-0.3, -0.25) is 14.4 Å². The van der Waals surface area contributed by atoms with E-state index in [1.54, 1.807) is 12.2 Å². The van der Waals surface area contributed by atoms with Gasteiger partial charge in [0.05, 0.1) is 6.10 Å². The summed E-state index contributed by atoms with van der Waals surface area (Å²) >= 11 is 0. The van der Waals surface area contributed by atoms with E-state index < -0.39 is 23.1 Å². The molecule has 0 radical (unpaired) electrons. The molecule has 1 N–H and O–H groups in total. The van der Waals surface area contributed by atoms with Crippen molar-refractivity contribution >= 4 is 17.5 Å². The average Bonchev–Trinajstić information content (AvgIpc) is 3.03. The quantitative estimate of drug-likeness (QED) is 0.495. The Morgan fingerprint density at radius 2 is 2.00 bits per heavy atom. The maximum absolute atomic E-state index is 13.4. The molecule has 0 aromatic carbocycles. The Balaban J connectivity index is 1.70. The first-order valence-electron chi connectivity index (χ1n) is 11.5. The lowest BCUT2D eigenvalue weighted by Crippen LogP contribution is -2.62. The zero-order valence-electron chi connectivity index (χ0n) is 19.4. The van der Waals surface area contributed by atoms with Crippen molar-refractivity contribution in [3.05, 3.63) is 23.8 Å². The molecule has 0 aromatic heterocycles. The molecule has 3 saturated carbocycles. The number of rotatable bonds is 6. The summed E-state index contributed by atoms with van der Waals surface area (Å²) in [5, 5.41) is 11.5. The van der Waals surface area contributed by atoms with Gasteiger partial charge in [0.1, 0.15) is 12.4 Å². The highest BCUT2D eigenvalue weighted by Gasteiger charge is 2.69. The summed E-state index contributed by atoms with van der Waals surface area (Å²) in [6.45, 7) is 5.05. The minimum atomic E-state index is -1.18. The predicted octanol–water partition coefficient (Wildman–Crippen LogP) is 2.76. The fraction of sp³-hybridized carbons (Fsp3) is 0.720. The van der Waals surface area contributed by atoms with Crippen molar-refractivity contribution in [1.29, 1.82) is 0 Å². The summed E-state index contributed by atoms with van der Waals surface area (Å²) in [6, 6.07) is 0. The first-order chi connectivity index (χ1) is 15.1. The molecule has 0 spiro atoms. The number of esters is 1. The SMILES string of the molecule is COCO[C@]1(C(=O)COC(C)=O)CC[C@H]2[C@@H]3CCC4=CC(=O)C=C[C@]4(C)[C@H]3C(O)C[C@@]21C. The standard InChI is InChI=1S/C25H34O7/c1-15(26)31-13-21(29)25(32-14-30-4)10-8-19-18-6-5-16-11-17(27)7-9-23(16,2)22(18)20(28)12-24(19,25)3/h7,9,11,18-20,22,28H,5-6,8,10,12-14H2,1-4H3/t18-,19-,20?,22+,23-,24-,25-/m0/s1. The molecule has 0 saturated heterocycles. The van der Waals surface area contributed by atoms with Crippen LogP contribution in [-0.4, -0.2) is 54.9 Å². The van der Waals surface area contributed by atoms with E-state index in [0.29, 0.717) is 12.8 Å². The van der Waals surface area contributed by atoms with Gasteiger partial charge in [0.2, 0.25) is 5.78 Å². The molecule has 176 valence electrons. The number of hydrogen-bond acceptors (Lipinski definition) is 7. The van der Waals surface area contributed by atoms with Crippen molar-refractivity contribution in [3.8, 4) is 0 Å².